The predicted octanol–water partition coefficient (Wildman–Crippen LogP) is 3.31. The molecule has 0 fully saturated rings. The molecule has 7 nitrogen and oxygen atoms in total. The van der Waals surface area contributed by atoms with Gasteiger partial charge in [0, 0.05) is 18.0 Å². The van der Waals surface area contributed by atoms with Gasteiger partial charge in [-0.3, -0.25) is 19.5 Å². The van der Waals surface area contributed by atoms with E-state index < -0.39 is 0 Å². The SMILES string of the molecule is CCn1c(=S)[nH]c2cc(C(=O)Nc3nnc(C(C)C)s3)ccc2c1=O. The summed E-state index contributed by atoms with van der Waals surface area (Å²) in [7, 11) is 0. The lowest BCUT2D eigenvalue weighted by Gasteiger charge is -2.07. The second-order valence-electron chi connectivity index (χ2n) is 5.79. The molecule has 2 N–H and O–H groups in total. The number of aromatic nitrogens is 4. The highest BCUT2D eigenvalue weighted by atomic mass is 32.1. The van der Waals surface area contributed by atoms with Crippen LogP contribution in [0.2, 0.25) is 0 Å². The molecular weight excluding hydrogens is 358 g/mol. The fourth-order valence-electron chi connectivity index (χ4n) is 2.37. The van der Waals surface area contributed by atoms with Gasteiger partial charge in [0.25, 0.3) is 11.5 Å². The molecule has 0 unspecified atom stereocenters. The third-order valence-electron chi connectivity index (χ3n) is 3.72. The summed E-state index contributed by atoms with van der Waals surface area (Å²) in [5, 5.41) is 12.5. The molecule has 0 aliphatic heterocycles. The first-order chi connectivity index (χ1) is 11.9. The van der Waals surface area contributed by atoms with Crippen LogP contribution in [0.4, 0.5) is 5.13 Å². The van der Waals surface area contributed by atoms with Crippen molar-refractivity contribution in [1.82, 2.24) is 19.7 Å². The zero-order chi connectivity index (χ0) is 18.1. The maximum Gasteiger partial charge on any atom is 0.262 e. The van der Waals surface area contributed by atoms with Gasteiger partial charge >= 0.3 is 0 Å². The molecule has 1 aromatic carbocycles. The van der Waals surface area contributed by atoms with E-state index in [0.717, 1.165) is 5.01 Å². The third-order valence-corrected chi connectivity index (χ3v) is 5.18. The molecule has 0 saturated carbocycles. The zero-order valence-electron chi connectivity index (χ0n) is 14.0. The summed E-state index contributed by atoms with van der Waals surface area (Å²) in [4.78, 5) is 27.8. The van der Waals surface area contributed by atoms with Crippen molar-refractivity contribution in [3.05, 3.63) is 43.9 Å². The van der Waals surface area contributed by atoms with Gasteiger partial charge in [0.05, 0.1) is 10.9 Å². The van der Waals surface area contributed by atoms with Crippen LogP contribution >= 0.6 is 23.6 Å². The Labute approximate surface area is 152 Å². The molecule has 2 heterocycles. The smallest absolute Gasteiger partial charge is 0.262 e. The van der Waals surface area contributed by atoms with E-state index in [0.29, 0.717) is 32.9 Å². The summed E-state index contributed by atoms with van der Waals surface area (Å²) < 4.78 is 1.81. The number of hydrogen-bond donors (Lipinski definition) is 2. The van der Waals surface area contributed by atoms with E-state index in [9.17, 15) is 9.59 Å². The van der Waals surface area contributed by atoms with Crippen LogP contribution in [0.15, 0.2) is 23.0 Å². The molecule has 0 spiro atoms. The highest BCUT2D eigenvalue weighted by Gasteiger charge is 2.13. The quantitative estimate of drug-likeness (QED) is 0.683. The van der Waals surface area contributed by atoms with Crippen LogP contribution in [-0.2, 0) is 6.54 Å². The van der Waals surface area contributed by atoms with Crippen molar-refractivity contribution in [2.75, 3.05) is 5.32 Å². The second-order valence-corrected chi connectivity index (χ2v) is 7.19. The lowest BCUT2D eigenvalue weighted by molar-refractivity contribution is 0.102. The normalized spacial score (nSPS) is 11.2. The number of carbonyl (C=O) groups excluding carboxylic acids is 1. The maximum atomic E-state index is 12.4. The summed E-state index contributed by atoms with van der Waals surface area (Å²) in [6.45, 7) is 6.37. The molecule has 0 aliphatic rings. The molecule has 0 saturated heterocycles. The second kappa shape index (κ2) is 6.85. The topological polar surface area (TPSA) is 92.7 Å². The Morgan fingerprint density at radius 1 is 1.40 bits per heavy atom. The van der Waals surface area contributed by atoms with Gasteiger partial charge < -0.3 is 4.98 Å². The maximum absolute atomic E-state index is 12.4. The number of carbonyl (C=O) groups is 1. The predicted molar refractivity (Wildman–Crippen MR) is 101 cm³/mol. The minimum absolute atomic E-state index is 0.168. The van der Waals surface area contributed by atoms with E-state index in [1.165, 1.54) is 15.9 Å². The Morgan fingerprint density at radius 3 is 2.80 bits per heavy atom. The van der Waals surface area contributed by atoms with Crippen molar-refractivity contribution in [1.29, 1.82) is 0 Å². The van der Waals surface area contributed by atoms with E-state index in [2.05, 4.69) is 20.5 Å². The van der Waals surface area contributed by atoms with Crippen LogP contribution in [0, 0.1) is 4.77 Å². The van der Waals surface area contributed by atoms with Crippen molar-refractivity contribution in [3.63, 3.8) is 0 Å². The number of aromatic amines is 1. The molecule has 25 heavy (non-hydrogen) atoms. The molecule has 0 aliphatic carbocycles. The fourth-order valence-corrected chi connectivity index (χ4v) is 3.43. The number of nitrogens with zero attached hydrogens (tertiary/aromatic N) is 3. The molecule has 3 rings (SSSR count). The Kier molecular flexibility index (Phi) is 4.78. The van der Waals surface area contributed by atoms with Crippen LogP contribution in [0.3, 0.4) is 0 Å². The lowest BCUT2D eigenvalue weighted by Crippen LogP contribution is -2.21. The van der Waals surface area contributed by atoms with Gasteiger partial charge in [-0.25, -0.2) is 0 Å². The first-order valence-corrected chi connectivity index (χ1v) is 9.04. The first-order valence-electron chi connectivity index (χ1n) is 7.82. The molecule has 130 valence electrons. The van der Waals surface area contributed by atoms with Crippen LogP contribution < -0.4 is 10.9 Å². The van der Waals surface area contributed by atoms with Gasteiger partial charge in [0.2, 0.25) is 5.13 Å². The van der Waals surface area contributed by atoms with Crippen molar-refractivity contribution < 1.29 is 4.79 Å². The lowest BCUT2D eigenvalue weighted by atomic mass is 10.1. The molecule has 3 aromatic rings. The number of anilines is 1. The van der Waals surface area contributed by atoms with Crippen molar-refractivity contribution >= 4 is 45.5 Å². The number of nitrogens with one attached hydrogen (secondary N) is 2. The number of benzene rings is 1. The number of hydrogen-bond acceptors (Lipinski definition) is 6. The minimum atomic E-state index is -0.313. The minimum Gasteiger partial charge on any atom is -0.332 e. The van der Waals surface area contributed by atoms with E-state index >= 15 is 0 Å². The number of rotatable bonds is 4. The first kappa shape index (κ1) is 17.4. The molecule has 1 amide bonds. The van der Waals surface area contributed by atoms with Gasteiger partial charge in [0.15, 0.2) is 4.77 Å². The number of amides is 1. The largest absolute Gasteiger partial charge is 0.332 e. The van der Waals surface area contributed by atoms with E-state index in [1.54, 1.807) is 18.2 Å². The van der Waals surface area contributed by atoms with Gasteiger partial charge in [-0.05, 0) is 37.3 Å². The molecular formula is C16H17N5O2S2. The Balaban J connectivity index is 1.94. The standard InChI is InChI=1S/C16H17N5O2S2/c1-4-21-14(23)10-6-5-9(7-11(10)17-16(21)24)12(22)18-15-20-19-13(25-15)8(2)3/h5-8H,4H2,1-3H3,(H,17,24)(H,18,20,22). The van der Waals surface area contributed by atoms with Gasteiger partial charge in [-0.1, -0.05) is 25.2 Å². The van der Waals surface area contributed by atoms with Crippen LogP contribution in [0.25, 0.3) is 10.9 Å². The highest BCUT2D eigenvalue weighted by Crippen LogP contribution is 2.23. The Bertz CT molecular complexity index is 1060. The van der Waals surface area contributed by atoms with Crippen LogP contribution in [0.5, 0.6) is 0 Å². The Hall–Kier alpha value is -2.39. The third kappa shape index (κ3) is 3.38. The molecule has 0 atom stereocenters. The van der Waals surface area contributed by atoms with E-state index in [4.69, 9.17) is 12.2 Å². The molecule has 9 heteroatoms. The summed E-state index contributed by atoms with van der Waals surface area (Å²) in [6, 6.07) is 4.86. The van der Waals surface area contributed by atoms with Crippen molar-refractivity contribution in [2.45, 2.75) is 33.2 Å². The van der Waals surface area contributed by atoms with Crippen molar-refractivity contribution in [2.24, 2.45) is 0 Å². The highest BCUT2D eigenvalue weighted by molar-refractivity contribution is 7.71. The average Bonchev–Trinajstić information content (AvgIpc) is 3.03. The van der Waals surface area contributed by atoms with Crippen LogP contribution in [-0.4, -0.2) is 25.7 Å². The van der Waals surface area contributed by atoms with Gasteiger partial charge in [0.1, 0.15) is 5.01 Å². The van der Waals surface area contributed by atoms with E-state index in [1.807, 2.05) is 20.8 Å². The van der Waals surface area contributed by atoms with Crippen LogP contribution in [0.1, 0.15) is 42.1 Å². The summed E-state index contributed by atoms with van der Waals surface area (Å²) in [5.74, 6) is -0.0584. The van der Waals surface area contributed by atoms with Gasteiger partial charge in [-0.15, -0.1) is 10.2 Å². The monoisotopic (exact) mass is 375 g/mol. The molecule has 0 bridgehead atoms. The summed E-state index contributed by atoms with van der Waals surface area (Å²) in [6.07, 6.45) is 0. The molecule has 2 aromatic heterocycles. The average molecular weight is 375 g/mol. The number of H-pyrrole nitrogens is 1. The fraction of sp³-hybridized carbons (Fsp3) is 0.312. The zero-order valence-corrected chi connectivity index (χ0v) is 15.6. The Morgan fingerprint density at radius 2 is 2.16 bits per heavy atom. The summed E-state index contributed by atoms with van der Waals surface area (Å²) in [5.41, 5.74) is 0.777. The van der Waals surface area contributed by atoms with E-state index in [-0.39, 0.29) is 17.4 Å². The summed E-state index contributed by atoms with van der Waals surface area (Å²) >= 11 is 6.54. The number of fused-ring (bicyclic) bond motifs is 1. The molecule has 0 radical (unpaired) electrons. The van der Waals surface area contributed by atoms with Gasteiger partial charge in [-0.2, -0.15) is 0 Å². The van der Waals surface area contributed by atoms with Crippen molar-refractivity contribution in [3.8, 4) is 0 Å².